The lowest BCUT2D eigenvalue weighted by Crippen LogP contribution is -2.37. The van der Waals surface area contributed by atoms with Crippen molar-refractivity contribution in [2.24, 2.45) is 0 Å². The Balaban J connectivity index is 1.91. The summed E-state index contributed by atoms with van der Waals surface area (Å²) in [5.74, 6) is 0.580. The molecular weight excluding hydrogens is 265 g/mol. The number of ether oxygens (including phenoxy) is 4. The van der Waals surface area contributed by atoms with E-state index in [1.165, 1.54) is 20.3 Å². The minimum absolute atomic E-state index is 0.0203. The molecule has 112 valence electrons. The zero-order valence-electron chi connectivity index (χ0n) is 11.8. The van der Waals surface area contributed by atoms with Crippen LogP contribution in [0.15, 0.2) is 12.1 Å². The van der Waals surface area contributed by atoms with Crippen LogP contribution in [0.1, 0.15) is 5.56 Å². The van der Waals surface area contributed by atoms with Gasteiger partial charge in [0.05, 0.1) is 40.1 Å². The highest BCUT2D eigenvalue weighted by Crippen LogP contribution is 2.29. The van der Waals surface area contributed by atoms with Gasteiger partial charge in [0.15, 0.2) is 11.5 Å². The standard InChI is InChI=1S/C14H20FNO4/c1-17-13-5-10(12(15)6-14(13)18-2)7-16-8-11-9-19-3-4-20-11/h5-6,11,16H,3-4,7-9H2,1-2H3. The molecule has 5 nitrogen and oxygen atoms in total. The fourth-order valence-corrected chi connectivity index (χ4v) is 2.05. The van der Waals surface area contributed by atoms with Crippen LogP contribution in [-0.2, 0) is 16.0 Å². The molecule has 0 bridgehead atoms. The third-order valence-corrected chi connectivity index (χ3v) is 3.13. The lowest BCUT2D eigenvalue weighted by Gasteiger charge is -2.23. The summed E-state index contributed by atoms with van der Waals surface area (Å²) in [5, 5.41) is 3.16. The first-order chi connectivity index (χ1) is 9.74. The number of halogens is 1. The molecule has 0 amide bonds. The van der Waals surface area contributed by atoms with Gasteiger partial charge in [0.1, 0.15) is 5.82 Å². The van der Waals surface area contributed by atoms with Crippen LogP contribution in [0.2, 0.25) is 0 Å². The zero-order valence-corrected chi connectivity index (χ0v) is 11.8. The van der Waals surface area contributed by atoms with Gasteiger partial charge in [0.2, 0.25) is 0 Å². The number of nitrogens with one attached hydrogen (secondary N) is 1. The van der Waals surface area contributed by atoms with Gasteiger partial charge in [0.25, 0.3) is 0 Å². The van der Waals surface area contributed by atoms with Gasteiger partial charge in [-0.05, 0) is 6.07 Å². The summed E-state index contributed by atoms with van der Waals surface area (Å²) < 4.78 is 34.9. The quantitative estimate of drug-likeness (QED) is 0.855. The van der Waals surface area contributed by atoms with Gasteiger partial charge in [-0.15, -0.1) is 0 Å². The molecule has 2 rings (SSSR count). The molecular formula is C14H20FNO4. The van der Waals surface area contributed by atoms with Crippen LogP contribution in [0.4, 0.5) is 4.39 Å². The largest absolute Gasteiger partial charge is 0.493 e. The van der Waals surface area contributed by atoms with E-state index in [1.54, 1.807) is 6.07 Å². The van der Waals surface area contributed by atoms with E-state index >= 15 is 0 Å². The van der Waals surface area contributed by atoms with E-state index in [2.05, 4.69) is 5.32 Å². The van der Waals surface area contributed by atoms with Gasteiger partial charge in [-0.25, -0.2) is 4.39 Å². The SMILES string of the molecule is COc1cc(F)c(CNCC2COCCO2)cc1OC. The van der Waals surface area contributed by atoms with Crippen LogP contribution in [0.5, 0.6) is 11.5 Å². The van der Waals surface area contributed by atoms with Crippen LogP contribution in [-0.4, -0.2) is 46.7 Å². The van der Waals surface area contributed by atoms with Crippen molar-refractivity contribution in [3.8, 4) is 11.5 Å². The Morgan fingerprint density at radius 3 is 2.65 bits per heavy atom. The number of rotatable bonds is 6. The molecule has 0 aliphatic carbocycles. The van der Waals surface area contributed by atoms with Crippen LogP contribution in [0, 0.1) is 5.82 Å². The summed E-state index contributed by atoms with van der Waals surface area (Å²) in [6.07, 6.45) is 0.0203. The molecule has 1 unspecified atom stereocenters. The third-order valence-electron chi connectivity index (χ3n) is 3.13. The van der Waals surface area contributed by atoms with E-state index in [1.807, 2.05) is 0 Å². The first-order valence-electron chi connectivity index (χ1n) is 6.55. The van der Waals surface area contributed by atoms with Crippen LogP contribution >= 0.6 is 0 Å². The lowest BCUT2D eigenvalue weighted by atomic mass is 10.2. The van der Waals surface area contributed by atoms with Gasteiger partial charge in [-0.3, -0.25) is 0 Å². The van der Waals surface area contributed by atoms with Crippen molar-refractivity contribution < 1.29 is 23.3 Å². The van der Waals surface area contributed by atoms with Crippen LogP contribution < -0.4 is 14.8 Å². The van der Waals surface area contributed by atoms with E-state index in [-0.39, 0.29) is 11.9 Å². The molecule has 1 atom stereocenters. The highest BCUT2D eigenvalue weighted by molar-refractivity contribution is 5.43. The smallest absolute Gasteiger partial charge is 0.163 e. The lowest BCUT2D eigenvalue weighted by molar-refractivity contribution is -0.0864. The Kier molecular flexibility index (Phi) is 5.58. The molecule has 0 radical (unpaired) electrons. The van der Waals surface area contributed by atoms with Crippen LogP contribution in [0.3, 0.4) is 0 Å². The average Bonchev–Trinajstić information content (AvgIpc) is 2.49. The fourth-order valence-electron chi connectivity index (χ4n) is 2.05. The summed E-state index contributed by atoms with van der Waals surface area (Å²) >= 11 is 0. The monoisotopic (exact) mass is 285 g/mol. The maximum atomic E-state index is 13.9. The topological polar surface area (TPSA) is 49.0 Å². The van der Waals surface area contributed by atoms with Crippen molar-refractivity contribution in [2.45, 2.75) is 12.6 Å². The van der Waals surface area contributed by atoms with Crippen molar-refractivity contribution in [1.82, 2.24) is 5.32 Å². The minimum Gasteiger partial charge on any atom is -0.493 e. The first-order valence-corrected chi connectivity index (χ1v) is 6.55. The van der Waals surface area contributed by atoms with Gasteiger partial charge in [-0.2, -0.15) is 0 Å². The minimum atomic E-state index is -0.323. The second-order valence-electron chi connectivity index (χ2n) is 4.50. The molecule has 1 aliphatic rings. The molecule has 1 N–H and O–H groups in total. The predicted octanol–water partition coefficient (Wildman–Crippen LogP) is 1.35. The number of hydrogen-bond acceptors (Lipinski definition) is 5. The van der Waals surface area contributed by atoms with Crippen LogP contribution in [0.25, 0.3) is 0 Å². The summed E-state index contributed by atoms with van der Waals surface area (Å²) in [7, 11) is 3.01. The highest BCUT2D eigenvalue weighted by Gasteiger charge is 2.15. The summed E-state index contributed by atoms with van der Waals surface area (Å²) in [6, 6.07) is 2.97. The second kappa shape index (κ2) is 7.42. The Morgan fingerprint density at radius 1 is 1.25 bits per heavy atom. The molecule has 0 saturated carbocycles. The van der Waals surface area contributed by atoms with E-state index in [9.17, 15) is 4.39 Å². The molecule has 1 aliphatic heterocycles. The van der Waals surface area contributed by atoms with Gasteiger partial charge in [-0.1, -0.05) is 0 Å². The van der Waals surface area contributed by atoms with Crippen molar-refractivity contribution in [2.75, 3.05) is 40.6 Å². The van der Waals surface area contributed by atoms with E-state index in [0.717, 1.165) is 0 Å². The molecule has 20 heavy (non-hydrogen) atoms. The van der Waals surface area contributed by atoms with E-state index in [0.29, 0.717) is 50.0 Å². The van der Waals surface area contributed by atoms with Crippen molar-refractivity contribution in [1.29, 1.82) is 0 Å². The number of hydrogen-bond donors (Lipinski definition) is 1. The average molecular weight is 285 g/mol. The maximum absolute atomic E-state index is 13.9. The van der Waals surface area contributed by atoms with E-state index in [4.69, 9.17) is 18.9 Å². The van der Waals surface area contributed by atoms with E-state index < -0.39 is 0 Å². The zero-order chi connectivity index (χ0) is 14.4. The Bertz CT molecular complexity index is 435. The summed E-state index contributed by atoms with van der Waals surface area (Å²) in [4.78, 5) is 0. The molecule has 1 aromatic rings. The molecule has 1 heterocycles. The number of methoxy groups -OCH3 is 2. The number of benzene rings is 1. The van der Waals surface area contributed by atoms with Crippen molar-refractivity contribution in [3.63, 3.8) is 0 Å². The van der Waals surface area contributed by atoms with Gasteiger partial charge >= 0.3 is 0 Å². The second-order valence-corrected chi connectivity index (χ2v) is 4.50. The molecule has 0 spiro atoms. The van der Waals surface area contributed by atoms with Gasteiger partial charge < -0.3 is 24.3 Å². The molecule has 6 heteroatoms. The summed E-state index contributed by atoms with van der Waals surface area (Å²) in [5.41, 5.74) is 0.527. The molecule has 1 fully saturated rings. The first kappa shape index (κ1) is 15.0. The molecule has 0 aromatic heterocycles. The molecule has 1 saturated heterocycles. The Labute approximate surface area is 118 Å². The normalized spacial score (nSPS) is 18.9. The van der Waals surface area contributed by atoms with Crippen molar-refractivity contribution in [3.05, 3.63) is 23.5 Å². The highest BCUT2D eigenvalue weighted by atomic mass is 19.1. The Hall–Kier alpha value is -1.37. The van der Waals surface area contributed by atoms with Gasteiger partial charge in [0, 0.05) is 24.7 Å². The molecule has 1 aromatic carbocycles. The predicted molar refractivity (Wildman–Crippen MR) is 71.8 cm³/mol. The fraction of sp³-hybridized carbons (Fsp3) is 0.571. The third kappa shape index (κ3) is 3.82. The maximum Gasteiger partial charge on any atom is 0.163 e. The van der Waals surface area contributed by atoms with Crippen molar-refractivity contribution >= 4 is 0 Å². The summed E-state index contributed by atoms with van der Waals surface area (Å²) in [6.45, 7) is 2.83. The Morgan fingerprint density at radius 2 is 2.00 bits per heavy atom.